The van der Waals surface area contributed by atoms with E-state index in [-0.39, 0.29) is 17.5 Å². The molecule has 0 bridgehead atoms. The summed E-state index contributed by atoms with van der Waals surface area (Å²) in [5, 5.41) is 3.09. The molecule has 7 heteroatoms. The van der Waals surface area contributed by atoms with E-state index in [0.29, 0.717) is 17.3 Å². The number of rotatable bonds is 5. The van der Waals surface area contributed by atoms with Crippen LogP contribution in [0.3, 0.4) is 0 Å². The van der Waals surface area contributed by atoms with E-state index in [1.807, 2.05) is 30.3 Å². The van der Waals surface area contributed by atoms with Crippen LogP contribution in [0.4, 0.5) is 0 Å². The highest BCUT2D eigenvalue weighted by atomic mass is 32.2. The van der Waals surface area contributed by atoms with Crippen LogP contribution in [-0.2, 0) is 9.84 Å². The minimum Gasteiger partial charge on any atom is -0.493 e. The average Bonchev–Trinajstić information content (AvgIpc) is 2.75. The summed E-state index contributed by atoms with van der Waals surface area (Å²) >= 11 is 6.68. The Bertz CT molecular complexity index is 545. The minimum atomic E-state index is -2.86. The standard InChI is InChI=1S/C13H17NO3S3/c15-20(16)9-6-11(10-20)14-13(18)19-8-7-17-12-4-2-1-3-5-12/h1-5,11H,6-10H2,(H,14,18)/t11-/m1/s1. The van der Waals surface area contributed by atoms with Gasteiger partial charge in [0.2, 0.25) is 0 Å². The first kappa shape index (κ1) is 15.6. The van der Waals surface area contributed by atoms with Crippen molar-refractivity contribution in [1.82, 2.24) is 5.32 Å². The SMILES string of the molecule is O=S1(=O)CC[C@@H](NC(=S)SCCOc2ccccc2)C1. The maximum absolute atomic E-state index is 11.3. The lowest BCUT2D eigenvalue weighted by Gasteiger charge is -2.12. The Morgan fingerprint density at radius 3 is 2.80 bits per heavy atom. The number of ether oxygens (including phenoxy) is 1. The van der Waals surface area contributed by atoms with Crippen molar-refractivity contribution >= 4 is 38.1 Å². The van der Waals surface area contributed by atoms with Crippen molar-refractivity contribution in [3.63, 3.8) is 0 Å². The van der Waals surface area contributed by atoms with E-state index >= 15 is 0 Å². The van der Waals surface area contributed by atoms with Crippen molar-refractivity contribution in [1.29, 1.82) is 0 Å². The van der Waals surface area contributed by atoms with Gasteiger partial charge in [-0.2, -0.15) is 0 Å². The van der Waals surface area contributed by atoms with Crippen LogP contribution in [0.1, 0.15) is 6.42 Å². The van der Waals surface area contributed by atoms with Gasteiger partial charge in [-0.15, -0.1) is 0 Å². The number of sulfone groups is 1. The molecule has 0 aromatic heterocycles. The lowest BCUT2D eigenvalue weighted by atomic mass is 10.3. The van der Waals surface area contributed by atoms with E-state index in [1.165, 1.54) is 11.8 Å². The van der Waals surface area contributed by atoms with Crippen LogP contribution in [0.2, 0.25) is 0 Å². The zero-order valence-corrected chi connectivity index (χ0v) is 13.4. The first-order valence-corrected chi connectivity index (χ1v) is 9.58. The number of thiocarbonyl (C=S) groups is 1. The lowest BCUT2D eigenvalue weighted by Crippen LogP contribution is -2.33. The number of benzene rings is 1. The van der Waals surface area contributed by atoms with E-state index < -0.39 is 9.84 Å². The maximum Gasteiger partial charge on any atom is 0.152 e. The molecule has 0 spiro atoms. The van der Waals surface area contributed by atoms with Crippen LogP contribution in [0, 0.1) is 0 Å². The molecule has 1 heterocycles. The van der Waals surface area contributed by atoms with Crippen LogP contribution in [-0.4, -0.2) is 42.6 Å². The number of nitrogens with one attached hydrogen (secondary N) is 1. The van der Waals surface area contributed by atoms with E-state index in [9.17, 15) is 8.42 Å². The molecule has 20 heavy (non-hydrogen) atoms. The topological polar surface area (TPSA) is 55.4 Å². The van der Waals surface area contributed by atoms with E-state index in [0.717, 1.165) is 11.5 Å². The molecule has 1 atom stereocenters. The van der Waals surface area contributed by atoms with Gasteiger partial charge in [0.1, 0.15) is 10.1 Å². The molecule has 0 saturated carbocycles. The van der Waals surface area contributed by atoms with Gasteiger partial charge in [0.05, 0.1) is 18.1 Å². The lowest BCUT2D eigenvalue weighted by molar-refractivity contribution is 0.344. The van der Waals surface area contributed by atoms with E-state index in [2.05, 4.69) is 5.32 Å². The van der Waals surface area contributed by atoms with Gasteiger partial charge in [0.25, 0.3) is 0 Å². The Labute approximate surface area is 129 Å². The summed E-state index contributed by atoms with van der Waals surface area (Å²) in [6, 6.07) is 9.57. The average molecular weight is 331 g/mol. The Balaban J connectivity index is 1.61. The van der Waals surface area contributed by atoms with E-state index in [4.69, 9.17) is 17.0 Å². The van der Waals surface area contributed by atoms with Gasteiger partial charge in [-0.3, -0.25) is 0 Å². The summed E-state index contributed by atoms with van der Waals surface area (Å²) in [7, 11) is -2.86. The third-order valence-electron chi connectivity index (χ3n) is 2.88. The first-order valence-electron chi connectivity index (χ1n) is 6.37. The second-order valence-electron chi connectivity index (χ2n) is 4.54. The molecule has 0 radical (unpaired) electrons. The van der Waals surface area contributed by atoms with Gasteiger partial charge < -0.3 is 10.1 Å². The molecule has 0 unspecified atom stereocenters. The highest BCUT2D eigenvalue weighted by molar-refractivity contribution is 8.23. The Kier molecular flexibility index (Phi) is 5.68. The van der Waals surface area contributed by atoms with Crippen LogP contribution < -0.4 is 10.1 Å². The second kappa shape index (κ2) is 7.28. The van der Waals surface area contributed by atoms with Crippen molar-refractivity contribution in [3.8, 4) is 5.75 Å². The van der Waals surface area contributed by atoms with Crippen molar-refractivity contribution in [3.05, 3.63) is 30.3 Å². The minimum absolute atomic E-state index is 0.0324. The Morgan fingerprint density at radius 2 is 2.15 bits per heavy atom. The van der Waals surface area contributed by atoms with Crippen LogP contribution in [0.25, 0.3) is 0 Å². The van der Waals surface area contributed by atoms with Crippen molar-refractivity contribution in [2.75, 3.05) is 23.9 Å². The summed E-state index contributed by atoms with van der Waals surface area (Å²) in [6.45, 7) is 0.569. The molecule has 1 aromatic carbocycles. The van der Waals surface area contributed by atoms with Gasteiger partial charge in [0, 0.05) is 11.8 Å². The molecule has 4 nitrogen and oxygen atoms in total. The predicted molar refractivity (Wildman–Crippen MR) is 87.2 cm³/mol. The molecule has 2 rings (SSSR count). The van der Waals surface area contributed by atoms with Crippen molar-refractivity contribution in [2.24, 2.45) is 0 Å². The summed E-state index contributed by atoms with van der Waals surface area (Å²) in [5.41, 5.74) is 0. The molecule has 1 saturated heterocycles. The van der Waals surface area contributed by atoms with Gasteiger partial charge in [-0.05, 0) is 18.6 Å². The second-order valence-corrected chi connectivity index (χ2v) is 8.54. The smallest absolute Gasteiger partial charge is 0.152 e. The Hall–Kier alpha value is -0.790. The van der Waals surface area contributed by atoms with Gasteiger partial charge >= 0.3 is 0 Å². The molecule has 1 aliphatic heterocycles. The zero-order valence-electron chi connectivity index (χ0n) is 10.9. The number of hydrogen-bond acceptors (Lipinski definition) is 5. The fourth-order valence-electron chi connectivity index (χ4n) is 1.93. The number of para-hydroxylation sites is 1. The molecule has 0 aliphatic carbocycles. The van der Waals surface area contributed by atoms with Gasteiger partial charge in [0.15, 0.2) is 9.84 Å². The highest BCUT2D eigenvalue weighted by Crippen LogP contribution is 2.14. The largest absolute Gasteiger partial charge is 0.493 e. The Morgan fingerprint density at radius 1 is 1.40 bits per heavy atom. The zero-order chi connectivity index (χ0) is 14.4. The molecule has 0 amide bonds. The molecule has 1 aliphatic rings. The van der Waals surface area contributed by atoms with Gasteiger partial charge in [-0.25, -0.2) is 8.42 Å². The van der Waals surface area contributed by atoms with E-state index in [1.54, 1.807) is 0 Å². The van der Waals surface area contributed by atoms with Crippen LogP contribution >= 0.6 is 24.0 Å². The van der Waals surface area contributed by atoms with Crippen molar-refractivity contribution < 1.29 is 13.2 Å². The quantitative estimate of drug-likeness (QED) is 0.656. The molecule has 1 aromatic rings. The summed E-state index contributed by atoms with van der Waals surface area (Å²) in [6.07, 6.45) is 0.642. The summed E-state index contributed by atoms with van der Waals surface area (Å²) in [4.78, 5) is 0. The van der Waals surface area contributed by atoms with Crippen LogP contribution in [0.15, 0.2) is 30.3 Å². The normalized spacial score (nSPS) is 20.5. The maximum atomic E-state index is 11.3. The third kappa shape index (κ3) is 5.30. The van der Waals surface area contributed by atoms with Crippen molar-refractivity contribution in [2.45, 2.75) is 12.5 Å². The monoisotopic (exact) mass is 331 g/mol. The molecule has 1 fully saturated rings. The fraction of sp³-hybridized carbons (Fsp3) is 0.462. The predicted octanol–water partition coefficient (Wildman–Crippen LogP) is 1.86. The first-order chi connectivity index (χ1) is 9.55. The summed E-state index contributed by atoms with van der Waals surface area (Å²) < 4.78 is 28.9. The number of hydrogen-bond donors (Lipinski definition) is 1. The molecule has 110 valence electrons. The number of thioether (sulfide) groups is 1. The molecular weight excluding hydrogens is 314 g/mol. The summed E-state index contributed by atoms with van der Waals surface area (Å²) in [5.74, 6) is 2.03. The van der Waals surface area contributed by atoms with Gasteiger partial charge in [-0.1, -0.05) is 42.2 Å². The fourth-order valence-corrected chi connectivity index (χ4v) is 4.62. The molecular formula is C13H17NO3S3. The van der Waals surface area contributed by atoms with Crippen LogP contribution in [0.5, 0.6) is 5.75 Å². The molecule has 1 N–H and O–H groups in total. The highest BCUT2D eigenvalue weighted by Gasteiger charge is 2.28. The third-order valence-corrected chi connectivity index (χ3v) is 5.87.